The van der Waals surface area contributed by atoms with Gasteiger partial charge < -0.3 is 4.42 Å². The third-order valence-electron chi connectivity index (χ3n) is 2.79. The molecule has 0 saturated carbocycles. The molecule has 0 N–H and O–H groups in total. The van der Waals surface area contributed by atoms with Crippen LogP contribution in [0.15, 0.2) is 73.5 Å². The van der Waals surface area contributed by atoms with Crippen LogP contribution < -0.4 is 0 Å². The fraction of sp³-hybridized carbons (Fsp3) is 0. The lowest BCUT2D eigenvalue weighted by Crippen LogP contribution is -1.99. The van der Waals surface area contributed by atoms with Gasteiger partial charge in [-0.3, -0.25) is 0 Å². The molecule has 3 aromatic rings. The fourth-order valence-corrected chi connectivity index (χ4v) is 3.29. The lowest BCUT2D eigenvalue weighted by molar-refractivity contribution is 0.482. The van der Waals surface area contributed by atoms with Crippen molar-refractivity contribution in [2.75, 3.05) is 0 Å². The Morgan fingerprint density at radius 2 is 1.63 bits per heavy atom. The van der Waals surface area contributed by atoms with E-state index in [1.807, 2.05) is 18.2 Å². The number of rotatable bonds is 2. The fourth-order valence-electron chi connectivity index (χ4n) is 1.82. The maximum atomic E-state index is 12.4. The highest BCUT2D eigenvalue weighted by atomic mass is 79.9. The highest BCUT2D eigenvalue weighted by Gasteiger charge is 2.22. The zero-order valence-electron chi connectivity index (χ0n) is 9.71. The van der Waals surface area contributed by atoms with Crippen molar-refractivity contribution in [3.8, 4) is 0 Å². The molecule has 0 spiro atoms. The standard InChI is InChI=1S/C14H9BrO3S/c15-11-5-7-12(8-6-11)19(16,17)14-9-10-3-1-2-4-13(10)18-14/h1-9H. The quantitative estimate of drug-likeness (QED) is 0.709. The number of sulfone groups is 1. The van der Waals surface area contributed by atoms with E-state index < -0.39 is 9.84 Å². The second-order valence-corrected chi connectivity index (χ2v) is 6.86. The summed E-state index contributed by atoms with van der Waals surface area (Å²) < 4.78 is 31.1. The summed E-state index contributed by atoms with van der Waals surface area (Å²) in [4.78, 5) is 0.217. The average molecular weight is 337 g/mol. The van der Waals surface area contributed by atoms with Crippen molar-refractivity contribution in [3.05, 3.63) is 59.1 Å². The van der Waals surface area contributed by atoms with Gasteiger partial charge in [-0.25, -0.2) is 8.42 Å². The van der Waals surface area contributed by atoms with E-state index in [1.165, 1.54) is 0 Å². The normalized spacial score (nSPS) is 11.8. The molecule has 0 radical (unpaired) electrons. The smallest absolute Gasteiger partial charge is 0.239 e. The molecule has 5 heteroatoms. The maximum absolute atomic E-state index is 12.4. The molecule has 96 valence electrons. The van der Waals surface area contributed by atoms with E-state index >= 15 is 0 Å². The molecule has 0 aliphatic heterocycles. The van der Waals surface area contributed by atoms with Crippen LogP contribution in [-0.4, -0.2) is 8.42 Å². The molecule has 0 saturated heterocycles. The van der Waals surface area contributed by atoms with Gasteiger partial charge in [0.1, 0.15) is 5.58 Å². The third-order valence-corrected chi connectivity index (χ3v) is 4.94. The van der Waals surface area contributed by atoms with Gasteiger partial charge in [0.25, 0.3) is 0 Å². The molecule has 0 fully saturated rings. The molecule has 1 aromatic heterocycles. The van der Waals surface area contributed by atoms with Crippen LogP contribution in [0.5, 0.6) is 0 Å². The number of hydrogen-bond acceptors (Lipinski definition) is 3. The summed E-state index contributed by atoms with van der Waals surface area (Å²) in [6, 6.07) is 15.2. The second-order valence-electron chi connectivity index (χ2n) is 4.06. The van der Waals surface area contributed by atoms with Crippen LogP contribution in [0.1, 0.15) is 0 Å². The first-order valence-corrected chi connectivity index (χ1v) is 7.84. The monoisotopic (exact) mass is 336 g/mol. The molecule has 0 bridgehead atoms. The van der Waals surface area contributed by atoms with Crippen LogP contribution in [0.3, 0.4) is 0 Å². The number of furan rings is 1. The SMILES string of the molecule is O=S(=O)(c1ccc(Br)cc1)c1cc2ccccc2o1. The summed E-state index contributed by atoms with van der Waals surface area (Å²) in [6.07, 6.45) is 0. The van der Waals surface area contributed by atoms with Gasteiger partial charge in [0.2, 0.25) is 14.9 Å². The zero-order valence-corrected chi connectivity index (χ0v) is 12.1. The predicted molar refractivity (Wildman–Crippen MR) is 75.8 cm³/mol. The summed E-state index contributed by atoms with van der Waals surface area (Å²) in [5.41, 5.74) is 0.568. The average Bonchev–Trinajstić information content (AvgIpc) is 2.83. The maximum Gasteiger partial charge on any atom is 0.239 e. The molecule has 0 unspecified atom stereocenters. The Bertz CT molecular complexity index is 800. The van der Waals surface area contributed by atoms with Gasteiger partial charge in [0.15, 0.2) is 0 Å². The molecular formula is C14H9BrO3S. The van der Waals surface area contributed by atoms with Crippen molar-refractivity contribution in [3.63, 3.8) is 0 Å². The number of halogens is 1. The molecule has 2 aromatic carbocycles. The summed E-state index contributed by atoms with van der Waals surface area (Å²) in [6.45, 7) is 0. The number of benzene rings is 2. The van der Waals surface area contributed by atoms with Crippen molar-refractivity contribution < 1.29 is 12.8 Å². The van der Waals surface area contributed by atoms with Gasteiger partial charge in [-0.15, -0.1) is 0 Å². The summed E-state index contributed by atoms with van der Waals surface area (Å²) in [7, 11) is -3.61. The minimum atomic E-state index is -3.61. The number of fused-ring (bicyclic) bond motifs is 1. The molecule has 0 atom stereocenters. The first kappa shape index (κ1) is 12.4. The first-order chi connectivity index (χ1) is 9.07. The Kier molecular flexibility index (Phi) is 2.95. The lowest BCUT2D eigenvalue weighted by Gasteiger charge is -2.00. The Balaban J connectivity index is 2.16. The highest BCUT2D eigenvalue weighted by Crippen LogP contribution is 2.28. The van der Waals surface area contributed by atoms with Crippen molar-refractivity contribution in [1.29, 1.82) is 0 Å². The van der Waals surface area contributed by atoms with Gasteiger partial charge in [-0.1, -0.05) is 34.1 Å². The van der Waals surface area contributed by atoms with Crippen molar-refractivity contribution in [1.82, 2.24) is 0 Å². The zero-order chi connectivity index (χ0) is 13.5. The van der Waals surface area contributed by atoms with Crippen LogP contribution in [0.25, 0.3) is 11.0 Å². The van der Waals surface area contributed by atoms with Crippen molar-refractivity contribution in [2.24, 2.45) is 0 Å². The largest absolute Gasteiger partial charge is 0.444 e. The van der Waals surface area contributed by atoms with Gasteiger partial charge in [0, 0.05) is 15.9 Å². The van der Waals surface area contributed by atoms with E-state index in [0.29, 0.717) is 5.58 Å². The summed E-state index contributed by atoms with van der Waals surface area (Å²) >= 11 is 3.28. The molecule has 3 rings (SSSR count). The number of para-hydroxylation sites is 1. The van der Waals surface area contributed by atoms with Gasteiger partial charge >= 0.3 is 0 Å². The van der Waals surface area contributed by atoms with Crippen molar-refractivity contribution >= 4 is 36.7 Å². The minimum Gasteiger partial charge on any atom is -0.444 e. The molecule has 19 heavy (non-hydrogen) atoms. The third kappa shape index (κ3) is 2.19. The van der Waals surface area contributed by atoms with E-state index in [4.69, 9.17) is 4.42 Å². The molecular weight excluding hydrogens is 328 g/mol. The number of hydrogen-bond donors (Lipinski definition) is 0. The molecule has 0 amide bonds. The van der Waals surface area contributed by atoms with E-state index in [2.05, 4.69) is 15.9 Å². The van der Waals surface area contributed by atoms with E-state index in [1.54, 1.807) is 36.4 Å². The van der Waals surface area contributed by atoms with Crippen LogP contribution in [0.2, 0.25) is 0 Å². The van der Waals surface area contributed by atoms with Crippen LogP contribution in [0.4, 0.5) is 0 Å². The van der Waals surface area contributed by atoms with Gasteiger partial charge in [0.05, 0.1) is 4.90 Å². The highest BCUT2D eigenvalue weighted by molar-refractivity contribution is 9.10. The summed E-state index contributed by atoms with van der Waals surface area (Å²) in [5.74, 6) is 0. The van der Waals surface area contributed by atoms with Crippen LogP contribution in [-0.2, 0) is 9.84 Å². The van der Waals surface area contributed by atoms with E-state index in [0.717, 1.165) is 9.86 Å². The predicted octanol–water partition coefficient (Wildman–Crippen LogP) is 4.03. The van der Waals surface area contributed by atoms with E-state index in [9.17, 15) is 8.42 Å². The first-order valence-electron chi connectivity index (χ1n) is 5.56. The Morgan fingerprint density at radius 3 is 2.32 bits per heavy atom. The molecule has 0 aliphatic rings. The van der Waals surface area contributed by atoms with Crippen LogP contribution >= 0.6 is 15.9 Å². The molecule has 1 heterocycles. The molecule has 3 nitrogen and oxygen atoms in total. The van der Waals surface area contributed by atoms with Gasteiger partial charge in [-0.2, -0.15) is 0 Å². The lowest BCUT2D eigenvalue weighted by atomic mass is 10.3. The Labute approximate surface area is 118 Å². The Hall–Kier alpha value is -1.59. The summed E-state index contributed by atoms with van der Waals surface area (Å²) in [5, 5.41) is 0.745. The topological polar surface area (TPSA) is 47.3 Å². The van der Waals surface area contributed by atoms with E-state index in [-0.39, 0.29) is 9.99 Å². The minimum absolute atomic E-state index is 0.0315. The Morgan fingerprint density at radius 1 is 0.947 bits per heavy atom. The van der Waals surface area contributed by atoms with Crippen molar-refractivity contribution in [2.45, 2.75) is 9.99 Å². The second kappa shape index (κ2) is 4.51. The van der Waals surface area contributed by atoms with Gasteiger partial charge in [-0.05, 0) is 30.3 Å². The molecule has 0 aliphatic carbocycles. The van der Waals surface area contributed by atoms with Crippen LogP contribution in [0, 0.1) is 0 Å².